The first kappa shape index (κ1) is 8.01. The van der Waals surface area contributed by atoms with Gasteiger partial charge in [-0.15, -0.1) is 11.3 Å². The largest absolute Gasteiger partial charge is 0.506 e. The third-order valence-corrected chi connectivity index (χ3v) is 3.65. The maximum absolute atomic E-state index is 13.0. The highest BCUT2D eigenvalue weighted by Gasteiger charge is 2.11. The lowest BCUT2D eigenvalue weighted by Gasteiger charge is -1.91. The van der Waals surface area contributed by atoms with Crippen LogP contribution < -0.4 is 0 Å². The lowest BCUT2D eigenvalue weighted by Crippen LogP contribution is -1.65. The maximum Gasteiger partial charge on any atom is 0.191 e. The number of aromatic hydroxyl groups is 1. The van der Waals surface area contributed by atoms with E-state index in [1.165, 1.54) is 0 Å². The number of phenols is 1. The summed E-state index contributed by atoms with van der Waals surface area (Å²) < 4.78 is 14.0. The number of thiophene rings is 1. The molecule has 0 amide bonds. The van der Waals surface area contributed by atoms with Crippen molar-refractivity contribution in [1.82, 2.24) is 0 Å². The molecule has 4 heteroatoms. The van der Waals surface area contributed by atoms with Crippen LogP contribution in [-0.4, -0.2) is 5.11 Å². The van der Waals surface area contributed by atoms with E-state index in [0.717, 1.165) is 16.7 Å². The fraction of sp³-hybridized carbons (Fsp3) is 0. The molecule has 12 heavy (non-hydrogen) atoms. The molecule has 0 saturated heterocycles. The minimum Gasteiger partial charge on any atom is -0.506 e. The fourth-order valence-electron chi connectivity index (χ4n) is 1.05. The Kier molecular flexibility index (Phi) is 1.81. The molecule has 0 spiro atoms. The number of rotatable bonds is 0. The molecule has 1 aromatic carbocycles. The summed E-state index contributed by atoms with van der Waals surface area (Å²) in [7, 11) is 0. The highest BCUT2D eigenvalue weighted by molar-refractivity contribution is 9.10. The second-order valence-electron chi connectivity index (χ2n) is 2.34. The van der Waals surface area contributed by atoms with E-state index in [0.29, 0.717) is 9.17 Å². The first-order valence-electron chi connectivity index (χ1n) is 3.25. The number of benzene rings is 1. The molecule has 0 saturated carbocycles. The van der Waals surface area contributed by atoms with Crippen LogP contribution in [0.3, 0.4) is 0 Å². The van der Waals surface area contributed by atoms with E-state index in [9.17, 15) is 9.50 Å². The number of hydrogen-bond donors (Lipinski definition) is 1. The van der Waals surface area contributed by atoms with Gasteiger partial charge in [-0.1, -0.05) is 12.1 Å². The Balaban J connectivity index is 2.95. The normalized spacial score (nSPS) is 10.8. The third kappa shape index (κ3) is 1.03. The van der Waals surface area contributed by atoms with Crippen LogP contribution in [0.2, 0.25) is 0 Å². The summed E-state index contributed by atoms with van der Waals surface area (Å²) in [5.41, 5.74) is 0. The minimum atomic E-state index is -0.300. The Morgan fingerprint density at radius 3 is 2.83 bits per heavy atom. The number of phenolic OH excluding ortho intramolecular Hbond substituents is 1. The molecule has 2 rings (SSSR count). The van der Waals surface area contributed by atoms with Crippen molar-refractivity contribution in [3.8, 4) is 5.75 Å². The van der Waals surface area contributed by atoms with E-state index < -0.39 is 0 Å². The van der Waals surface area contributed by atoms with E-state index in [4.69, 9.17) is 0 Å². The Labute approximate surface area is 80.6 Å². The van der Waals surface area contributed by atoms with Crippen LogP contribution in [0.25, 0.3) is 10.1 Å². The molecular weight excluding hydrogens is 243 g/mol. The molecule has 0 fully saturated rings. The molecule has 0 aliphatic heterocycles. The lowest BCUT2D eigenvalue weighted by molar-refractivity contribution is 0.482. The summed E-state index contributed by atoms with van der Waals surface area (Å²) >= 11 is 4.05. The van der Waals surface area contributed by atoms with Gasteiger partial charge in [0.1, 0.15) is 5.75 Å². The van der Waals surface area contributed by atoms with Crippen LogP contribution in [-0.2, 0) is 0 Å². The van der Waals surface area contributed by atoms with Crippen LogP contribution in [0.5, 0.6) is 5.75 Å². The summed E-state index contributed by atoms with van der Waals surface area (Å²) in [6.45, 7) is 0. The number of hydrogen-bond acceptors (Lipinski definition) is 2. The van der Waals surface area contributed by atoms with Gasteiger partial charge in [0.05, 0.1) is 9.17 Å². The molecule has 2 aromatic rings. The van der Waals surface area contributed by atoms with Crippen molar-refractivity contribution in [3.05, 3.63) is 27.8 Å². The predicted molar refractivity (Wildman–Crippen MR) is 51.1 cm³/mol. The molecular formula is C8H4BrFOS. The Morgan fingerprint density at radius 1 is 1.42 bits per heavy atom. The van der Waals surface area contributed by atoms with Crippen molar-refractivity contribution in [2.45, 2.75) is 0 Å². The zero-order valence-corrected chi connectivity index (χ0v) is 8.25. The fourth-order valence-corrected chi connectivity index (χ4v) is 2.58. The summed E-state index contributed by atoms with van der Waals surface area (Å²) in [6, 6.07) is 5.00. The van der Waals surface area contributed by atoms with Gasteiger partial charge in [0.2, 0.25) is 0 Å². The molecule has 0 aliphatic rings. The minimum absolute atomic E-state index is 0.127. The smallest absolute Gasteiger partial charge is 0.191 e. The van der Waals surface area contributed by atoms with Crippen molar-refractivity contribution >= 4 is 37.4 Å². The molecule has 1 N–H and O–H groups in total. The Morgan fingerprint density at radius 2 is 2.17 bits per heavy atom. The summed E-state index contributed by atoms with van der Waals surface area (Å²) in [5.74, 6) is 0.127. The average Bonchev–Trinajstić information content (AvgIpc) is 2.32. The Bertz CT molecular complexity index is 438. The maximum atomic E-state index is 13.0. The van der Waals surface area contributed by atoms with Gasteiger partial charge >= 0.3 is 0 Å². The SMILES string of the molecule is Oc1cccc2c(Br)c(F)sc12. The van der Waals surface area contributed by atoms with E-state index in [2.05, 4.69) is 15.9 Å². The van der Waals surface area contributed by atoms with Crippen LogP contribution in [0.1, 0.15) is 0 Å². The molecule has 0 bridgehead atoms. The monoisotopic (exact) mass is 246 g/mol. The first-order valence-corrected chi connectivity index (χ1v) is 4.86. The number of fused-ring (bicyclic) bond motifs is 1. The second-order valence-corrected chi connectivity index (χ2v) is 4.11. The van der Waals surface area contributed by atoms with Crippen molar-refractivity contribution < 1.29 is 9.50 Å². The zero-order chi connectivity index (χ0) is 8.72. The van der Waals surface area contributed by atoms with Crippen LogP contribution in [0.4, 0.5) is 4.39 Å². The van der Waals surface area contributed by atoms with E-state index >= 15 is 0 Å². The van der Waals surface area contributed by atoms with E-state index in [1.807, 2.05) is 0 Å². The van der Waals surface area contributed by atoms with Crippen LogP contribution >= 0.6 is 27.3 Å². The number of halogens is 2. The molecule has 0 atom stereocenters. The zero-order valence-electron chi connectivity index (χ0n) is 5.84. The predicted octanol–water partition coefficient (Wildman–Crippen LogP) is 3.51. The second kappa shape index (κ2) is 2.71. The topological polar surface area (TPSA) is 20.2 Å². The quantitative estimate of drug-likeness (QED) is 0.755. The Hall–Kier alpha value is -0.610. The highest BCUT2D eigenvalue weighted by Crippen LogP contribution is 2.38. The third-order valence-electron chi connectivity index (χ3n) is 1.59. The van der Waals surface area contributed by atoms with Crippen molar-refractivity contribution in [1.29, 1.82) is 0 Å². The van der Waals surface area contributed by atoms with Crippen molar-refractivity contribution in [2.75, 3.05) is 0 Å². The van der Waals surface area contributed by atoms with Crippen LogP contribution in [0, 0.1) is 5.13 Å². The van der Waals surface area contributed by atoms with Gasteiger partial charge in [-0.2, -0.15) is 4.39 Å². The molecule has 0 unspecified atom stereocenters. The van der Waals surface area contributed by atoms with Gasteiger partial charge in [0.15, 0.2) is 5.13 Å². The lowest BCUT2D eigenvalue weighted by atomic mass is 10.2. The molecule has 1 nitrogen and oxygen atoms in total. The van der Waals surface area contributed by atoms with Gasteiger partial charge in [-0.05, 0) is 22.0 Å². The molecule has 1 heterocycles. The van der Waals surface area contributed by atoms with Gasteiger partial charge in [0.25, 0.3) is 0 Å². The summed E-state index contributed by atoms with van der Waals surface area (Å²) in [4.78, 5) is 0. The van der Waals surface area contributed by atoms with E-state index in [-0.39, 0.29) is 10.9 Å². The standard InChI is InChI=1S/C8H4BrFOS/c9-6-4-2-1-3-5(11)7(4)12-8(6)10/h1-3,11H. The van der Waals surface area contributed by atoms with Crippen LogP contribution in [0.15, 0.2) is 22.7 Å². The van der Waals surface area contributed by atoms with Crippen molar-refractivity contribution in [3.63, 3.8) is 0 Å². The first-order chi connectivity index (χ1) is 5.70. The van der Waals surface area contributed by atoms with Crippen molar-refractivity contribution in [2.24, 2.45) is 0 Å². The molecule has 0 radical (unpaired) electrons. The molecule has 1 aromatic heterocycles. The van der Waals surface area contributed by atoms with Gasteiger partial charge in [-0.25, -0.2) is 0 Å². The molecule has 0 aliphatic carbocycles. The van der Waals surface area contributed by atoms with Gasteiger partial charge < -0.3 is 5.11 Å². The van der Waals surface area contributed by atoms with E-state index in [1.54, 1.807) is 18.2 Å². The average molecular weight is 247 g/mol. The van der Waals surface area contributed by atoms with Gasteiger partial charge in [0, 0.05) is 5.39 Å². The summed E-state index contributed by atoms with van der Waals surface area (Å²) in [5, 5.41) is 9.75. The highest BCUT2D eigenvalue weighted by atomic mass is 79.9. The molecule has 62 valence electrons. The summed E-state index contributed by atoms with van der Waals surface area (Å²) in [6.07, 6.45) is 0. The van der Waals surface area contributed by atoms with Gasteiger partial charge in [-0.3, -0.25) is 0 Å².